The van der Waals surface area contributed by atoms with Gasteiger partial charge in [0.1, 0.15) is 6.61 Å². The predicted octanol–water partition coefficient (Wildman–Crippen LogP) is 3.25. The molecule has 2 aromatic rings. The first-order valence-electron chi connectivity index (χ1n) is 7.83. The fourth-order valence-corrected chi connectivity index (χ4v) is 2.42. The molecule has 27 heavy (non-hydrogen) atoms. The van der Waals surface area contributed by atoms with E-state index in [1.165, 1.54) is 12.4 Å². The lowest BCUT2D eigenvalue weighted by molar-refractivity contribution is -0.147. The number of nitrogens with zero attached hydrogens (tertiary/aromatic N) is 1. The number of hydrogen-bond acceptors (Lipinski definition) is 5. The highest BCUT2D eigenvalue weighted by molar-refractivity contribution is 9.10. The normalized spacial score (nSPS) is 11.0. The first-order valence-corrected chi connectivity index (χ1v) is 8.63. The summed E-state index contributed by atoms with van der Waals surface area (Å²) in [5.74, 6) is -3.74. The Hall–Kier alpha value is -2.55. The van der Waals surface area contributed by atoms with Crippen molar-refractivity contribution in [3.05, 3.63) is 58.3 Å². The third kappa shape index (κ3) is 6.28. The Balaban J connectivity index is 1.85. The molecule has 0 atom stereocenters. The molecule has 0 aliphatic carbocycles. The minimum Gasteiger partial charge on any atom is -0.476 e. The van der Waals surface area contributed by atoms with E-state index in [1.54, 1.807) is 26.0 Å². The Morgan fingerprint density at radius 2 is 1.78 bits per heavy atom. The zero-order valence-electron chi connectivity index (χ0n) is 14.6. The van der Waals surface area contributed by atoms with Gasteiger partial charge in [-0.2, -0.15) is 0 Å². The van der Waals surface area contributed by atoms with Gasteiger partial charge in [0.2, 0.25) is 0 Å². The lowest BCUT2D eigenvalue weighted by Gasteiger charge is -2.25. The van der Waals surface area contributed by atoms with Gasteiger partial charge in [0.15, 0.2) is 24.0 Å². The van der Waals surface area contributed by atoms with E-state index in [-0.39, 0.29) is 17.0 Å². The molecular formula is C18H17BrF2N2O4. The summed E-state index contributed by atoms with van der Waals surface area (Å²) in [5, 5.41) is 2.72. The molecule has 0 aliphatic rings. The number of esters is 1. The Bertz CT molecular complexity index is 808. The fourth-order valence-electron chi connectivity index (χ4n) is 2.02. The maximum atomic E-state index is 13.6. The molecule has 0 saturated carbocycles. The minimum atomic E-state index is -0.945. The topological polar surface area (TPSA) is 77.5 Å². The average Bonchev–Trinajstić information content (AvgIpc) is 2.59. The molecule has 1 aromatic carbocycles. The fraction of sp³-hybridized carbons (Fsp3) is 0.278. The zero-order valence-corrected chi connectivity index (χ0v) is 16.2. The first-order chi connectivity index (χ1) is 12.7. The number of amides is 1. The van der Waals surface area contributed by atoms with E-state index in [4.69, 9.17) is 9.47 Å². The van der Waals surface area contributed by atoms with E-state index < -0.39 is 35.5 Å². The summed E-state index contributed by atoms with van der Waals surface area (Å²) < 4.78 is 37.4. The number of halogens is 3. The van der Waals surface area contributed by atoms with Gasteiger partial charge in [-0.3, -0.25) is 9.78 Å². The van der Waals surface area contributed by atoms with E-state index >= 15 is 0 Å². The predicted molar refractivity (Wildman–Crippen MR) is 96.3 cm³/mol. The quantitative estimate of drug-likeness (QED) is 0.665. The van der Waals surface area contributed by atoms with E-state index in [9.17, 15) is 18.4 Å². The summed E-state index contributed by atoms with van der Waals surface area (Å²) in [7, 11) is 0. The van der Waals surface area contributed by atoms with Gasteiger partial charge in [-0.1, -0.05) is 15.9 Å². The van der Waals surface area contributed by atoms with E-state index in [0.29, 0.717) is 5.56 Å². The molecule has 9 heteroatoms. The molecule has 1 heterocycles. The summed E-state index contributed by atoms with van der Waals surface area (Å²) >= 11 is 2.95. The second-order valence-electron chi connectivity index (χ2n) is 6.22. The maximum absolute atomic E-state index is 13.6. The van der Waals surface area contributed by atoms with E-state index in [1.807, 2.05) is 0 Å². The smallest absolute Gasteiger partial charge is 0.344 e. The molecule has 0 fully saturated rings. The van der Waals surface area contributed by atoms with Crippen LogP contribution in [0.25, 0.3) is 0 Å². The number of nitrogens with one attached hydrogen (secondary N) is 1. The molecule has 0 aliphatic heterocycles. The minimum absolute atomic E-state index is 0.155. The third-order valence-electron chi connectivity index (χ3n) is 3.29. The molecule has 144 valence electrons. The Kier molecular flexibility index (Phi) is 6.84. The number of carbonyl (C=O) groups is 2. The molecule has 0 spiro atoms. The van der Waals surface area contributed by atoms with Gasteiger partial charge in [-0.15, -0.1) is 0 Å². The highest BCUT2D eigenvalue weighted by Gasteiger charge is 2.24. The number of hydrogen-bond donors (Lipinski definition) is 1. The number of ether oxygens (including phenoxy) is 2. The molecule has 2 rings (SSSR count). The lowest BCUT2D eigenvalue weighted by atomic mass is 10.1. The van der Waals surface area contributed by atoms with Crippen LogP contribution in [0.3, 0.4) is 0 Å². The van der Waals surface area contributed by atoms with Crippen molar-refractivity contribution in [2.75, 3.05) is 13.2 Å². The van der Waals surface area contributed by atoms with Crippen molar-refractivity contribution in [2.24, 2.45) is 0 Å². The van der Waals surface area contributed by atoms with Crippen molar-refractivity contribution in [1.29, 1.82) is 0 Å². The van der Waals surface area contributed by atoms with Crippen molar-refractivity contribution in [1.82, 2.24) is 10.3 Å². The van der Waals surface area contributed by atoms with Crippen molar-refractivity contribution >= 4 is 27.8 Å². The number of carbonyl (C=O) groups excluding carboxylic acids is 2. The molecule has 1 N–H and O–H groups in total. The maximum Gasteiger partial charge on any atom is 0.344 e. The SMILES string of the molecule is CC(C)(COC(=O)COc1c(F)cc(Br)cc1F)NC(=O)c1ccncc1. The Morgan fingerprint density at radius 1 is 1.19 bits per heavy atom. The van der Waals surface area contributed by atoms with Gasteiger partial charge in [0.25, 0.3) is 5.91 Å². The standard InChI is InChI=1S/C18H17BrF2N2O4/c1-18(2,23-17(25)11-3-5-22-6-4-11)10-27-15(24)9-26-16-13(20)7-12(19)8-14(16)21/h3-8H,9-10H2,1-2H3,(H,23,25). The molecule has 0 saturated heterocycles. The molecule has 0 radical (unpaired) electrons. The molecule has 0 unspecified atom stereocenters. The van der Waals surface area contributed by atoms with Crippen LogP contribution >= 0.6 is 15.9 Å². The second kappa shape index (κ2) is 8.90. The van der Waals surface area contributed by atoms with Gasteiger partial charge in [-0.05, 0) is 38.1 Å². The monoisotopic (exact) mass is 442 g/mol. The average molecular weight is 443 g/mol. The summed E-state index contributed by atoms with van der Waals surface area (Å²) in [6.45, 7) is 2.49. The highest BCUT2D eigenvalue weighted by Crippen LogP contribution is 2.25. The van der Waals surface area contributed by atoms with Gasteiger partial charge >= 0.3 is 5.97 Å². The first kappa shape index (κ1) is 20.8. The molecule has 0 bridgehead atoms. The van der Waals surface area contributed by atoms with Gasteiger partial charge in [0, 0.05) is 22.4 Å². The lowest BCUT2D eigenvalue weighted by Crippen LogP contribution is -2.47. The summed E-state index contributed by atoms with van der Waals surface area (Å²) in [4.78, 5) is 27.7. The summed E-state index contributed by atoms with van der Waals surface area (Å²) in [6, 6.07) is 5.13. The molecule has 6 nitrogen and oxygen atoms in total. The Labute approximate surface area is 163 Å². The number of rotatable bonds is 7. The number of benzene rings is 1. The van der Waals surface area contributed by atoms with Crippen LogP contribution in [0.1, 0.15) is 24.2 Å². The highest BCUT2D eigenvalue weighted by atomic mass is 79.9. The van der Waals surface area contributed by atoms with Crippen LogP contribution < -0.4 is 10.1 Å². The second-order valence-corrected chi connectivity index (χ2v) is 7.14. The van der Waals surface area contributed by atoms with Crippen LogP contribution in [-0.2, 0) is 9.53 Å². The largest absolute Gasteiger partial charge is 0.476 e. The van der Waals surface area contributed by atoms with Crippen molar-refractivity contribution in [3.8, 4) is 5.75 Å². The van der Waals surface area contributed by atoms with Crippen LogP contribution in [-0.4, -0.2) is 35.6 Å². The van der Waals surface area contributed by atoms with Gasteiger partial charge < -0.3 is 14.8 Å². The van der Waals surface area contributed by atoms with E-state index in [2.05, 4.69) is 26.2 Å². The molecule has 1 amide bonds. The summed E-state index contributed by atoms with van der Waals surface area (Å²) in [5.41, 5.74) is -0.460. The van der Waals surface area contributed by atoms with Crippen molar-refractivity contribution < 1.29 is 27.8 Å². The molecular weight excluding hydrogens is 426 g/mol. The third-order valence-corrected chi connectivity index (χ3v) is 3.74. The van der Waals surface area contributed by atoms with Gasteiger partial charge in [-0.25, -0.2) is 13.6 Å². The van der Waals surface area contributed by atoms with Crippen molar-refractivity contribution in [3.63, 3.8) is 0 Å². The molecule has 1 aromatic heterocycles. The summed E-state index contributed by atoms with van der Waals surface area (Å²) in [6.07, 6.45) is 2.97. The number of pyridine rings is 1. The van der Waals surface area contributed by atoms with Crippen LogP contribution in [0.2, 0.25) is 0 Å². The van der Waals surface area contributed by atoms with Crippen molar-refractivity contribution in [2.45, 2.75) is 19.4 Å². The van der Waals surface area contributed by atoms with Crippen LogP contribution in [0, 0.1) is 11.6 Å². The van der Waals surface area contributed by atoms with Crippen LogP contribution in [0.15, 0.2) is 41.1 Å². The van der Waals surface area contributed by atoms with Gasteiger partial charge in [0.05, 0.1) is 5.54 Å². The Morgan fingerprint density at radius 3 is 2.37 bits per heavy atom. The number of aromatic nitrogens is 1. The zero-order chi connectivity index (χ0) is 20.0. The van der Waals surface area contributed by atoms with E-state index in [0.717, 1.165) is 12.1 Å². The van der Waals surface area contributed by atoms with Crippen LogP contribution in [0.4, 0.5) is 8.78 Å². The van der Waals surface area contributed by atoms with Crippen LogP contribution in [0.5, 0.6) is 5.75 Å².